The first-order valence-corrected chi connectivity index (χ1v) is 6.32. The molecule has 1 atom stereocenters. The molecule has 0 bridgehead atoms. The molecule has 18 heavy (non-hydrogen) atoms. The molecule has 100 valence electrons. The van der Waals surface area contributed by atoms with Crippen molar-refractivity contribution in [3.8, 4) is 0 Å². The molecular weight excluding hydrogens is 228 g/mol. The minimum Gasteiger partial charge on any atom is -0.367 e. The fourth-order valence-electron chi connectivity index (χ4n) is 2.25. The Morgan fingerprint density at radius 1 is 1.56 bits per heavy atom. The second-order valence-corrected chi connectivity index (χ2v) is 5.74. The average Bonchev–Trinajstić information content (AvgIpc) is 2.87. The summed E-state index contributed by atoms with van der Waals surface area (Å²) >= 11 is 0. The second-order valence-electron chi connectivity index (χ2n) is 5.74. The van der Waals surface area contributed by atoms with Gasteiger partial charge in [-0.1, -0.05) is 0 Å². The Kier molecular flexibility index (Phi) is 3.34. The van der Waals surface area contributed by atoms with E-state index in [0.717, 1.165) is 18.5 Å². The second kappa shape index (κ2) is 4.65. The Balaban J connectivity index is 2.01. The summed E-state index contributed by atoms with van der Waals surface area (Å²) in [4.78, 5) is 18.8. The van der Waals surface area contributed by atoms with Gasteiger partial charge in [0.1, 0.15) is 0 Å². The Morgan fingerprint density at radius 3 is 2.83 bits per heavy atom. The van der Waals surface area contributed by atoms with E-state index in [1.165, 1.54) is 0 Å². The lowest BCUT2D eigenvalue weighted by Gasteiger charge is -2.22. The molecule has 1 aromatic heterocycles. The lowest BCUT2D eigenvalue weighted by atomic mass is 10.0. The van der Waals surface area contributed by atoms with Crippen LogP contribution in [0, 0.1) is 0 Å². The summed E-state index contributed by atoms with van der Waals surface area (Å²) in [6.07, 6.45) is 4.65. The van der Waals surface area contributed by atoms with E-state index < -0.39 is 0 Å². The molecule has 0 aliphatic carbocycles. The van der Waals surface area contributed by atoms with Crippen molar-refractivity contribution in [2.75, 3.05) is 20.1 Å². The maximum atomic E-state index is 12.1. The average molecular weight is 250 g/mol. The van der Waals surface area contributed by atoms with Crippen LogP contribution in [0.4, 0.5) is 4.79 Å². The van der Waals surface area contributed by atoms with Crippen molar-refractivity contribution in [3.63, 3.8) is 0 Å². The van der Waals surface area contributed by atoms with E-state index in [-0.39, 0.29) is 17.6 Å². The lowest BCUT2D eigenvalue weighted by Crippen LogP contribution is -2.38. The van der Waals surface area contributed by atoms with Gasteiger partial charge in [-0.05, 0) is 31.9 Å². The highest BCUT2D eigenvalue weighted by Crippen LogP contribution is 2.28. The summed E-state index contributed by atoms with van der Waals surface area (Å²) in [6, 6.07) is 2.25. The number of hydrogen-bond acceptors (Lipinski definition) is 2. The Hall–Kier alpha value is -1.49. The fourth-order valence-corrected chi connectivity index (χ4v) is 2.25. The van der Waals surface area contributed by atoms with Crippen molar-refractivity contribution in [2.24, 2.45) is 5.73 Å². The molecule has 5 nitrogen and oxygen atoms in total. The fraction of sp³-hybridized carbons (Fsp3) is 0.615. The molecule has 0 saturated carbocycles. The van der Waals surface area contributed by atoms with Gasteiger partial charge in [0.25, 0.3) is 0 Å². The molecule has 2 heterocycles. The predicted molar refractivity (Wildman–Crippen MR) is 71.1 cm³/mol. The quantitative estimate of drug-likeness (QED) is 0.851. The molecule has 1 aliphatic rings. The van der Waals surface area contributed by atoms with Crippen molar-refractivity contribution in [1.82, 2.24) is 14.8 Å². The maximum Gasteiger partial charge on any atom is 0.320 e. The van der Waals surface area contributed by atoms with Crippen LogP contribution < -0.4 is 5.73 Å². The summed E-state index contributed by atoms with van der Waals surface area (Å²) in [7, 11) is 1.85. The van der Waals surface area contributed by atoms with Crippen molar-refractivity contribution >= 4 is 6.03 Å². The Bertz CT molecular complexity index is 407. The highest BCUT2D eigenvalue weighted by atomic mass is 16.2. The monoisotopic (exact) mass is 250 g/mol. The van der Waals surface area contributed by atoms with Gasteiger partial charge >= 0.3 is 6.03 Å². The van der Waals surface area contributed by atoms with Crippen molar-refractivity contribution < 1.29 is 4.79 Å². The molecule has 1 unspecified atom stereocenters. The number of urea groups is 1. The van der Waals surface area contributed by atoms with Crippen LogP contribution in [0.15, 0.2) is 18.5 Å². The summed E-state index contributed by atoms with van der Waals surface area (Å²) in [5.74, 6) is 0. The number of nitrogens with one attached hydrogen (secondary N) is 1. The number of hydrogen-bond donors (Lipinski definition) is 2. The third-order valence-corrected chi connectivity index (χ3v) is 3.47. The summed E-state index contributed by atoms with van der Waals surface area (Å²) in [6.45, 7) is 5.43. The zero-order chi connectivity index (χ0) is 13.3. The summed E-state index contributed by atoms with van der Waals surface area (Å²) < 4.78 is 0. The SMILES string of the molecule is CN1C(=O)N(CCC(C)(C)N)CC1c1cc[nH]c1. The van der Waals surface area contributed by atoms with Gasteiger partial charge in [0, 0.05) is 38.1 Å². The van der Waals surface area contributed by atoms with Crippen molar-refractivity contribution in [2.45, 2.75) is 31.8 Å². The van der Waals surface area contributed by atoms with Gasteiger partial charge in [0.05, 0.1) is 6.04 Å². The third-order valence-electron chi connectivity index (χ3n) is 3.47. The number of rotatable bonds is 4. The lowest BCUT2D eigenvalue weighted by molar-refractivity contribution is 0.193. The predicted octanol–water partition coefficient (Wildman–Crippen LogP) is 1.55. The molecule has 0 radical (unpaired) electrons. The molecule has 3 N–H and O–H groups in total. The van der Waals surface area contributed by atoms with Crippen LogP contribution in [0.5, 0.6) is 0 Å². The molecule has 1 saturated heterocycles. The van der Waals surface area contributed by atoms with E-state index in [4.69, 9.17) is 5.73 Å². The van der Waals surface area contributed by atoms with Crippen LogP contribution in [0.25, 0.3) is 0 Å². The van der Waals surface area contributed by atoms with E-state index >= 15 is 0 Å². The van der Waals surface area contributed by atoms with Crippen LogP contribution in [0.1, 0.15) is 31.9 Å². The van der Waals surface area contributed by atoms with E-state index in [2.05, 4.69) is 4.98 Å². The van der Waals surface area contributed by atoms with Gasteiger partial charge in [-0.25, -0.2) is 4.79 Å². The Labute approximate surface area is 108 Å². The largest absolute Gasteiger partial charge is 0.367 e. The molecule has 5 heteroatoms. The standard InChI is InChI=1S/C13H22N4O/c1-13(2,14)5-7-17-9-11(16(3)12(17)18)10-4-6-15-8-10/h4,6,8,11,15H,5,7,9,14H2,1-3H3. The zero-order valence-electron chi connectivity index (χ0n) is 11.3. The first-order chi connectivity index (χ1) is 8.38. The molecule has 1 aromatic rings. The first-order valence-electron chi connectivity index (χ1n) is 6.32. The minimum absolute atomic E-state index is 0.0884. The number of nitrogens with zero attached hydrogens (tertiary/aromatic N) is 2. The van der Waals surface area contributed by atoms with E-state index in [9.17, 15) is 4.79 Å². The number of aromatic nitrogens is 1. The zero-order valence-corrected chi connectivity index (χ0v) is 11.3. The Morgan fingerprint density at radius 2 is 2.28 bits per heavy atom. The third kappa shape index (κ3) is 2.67. The summed E-state index contributed by atoms with van der Waals surface area (Å²) in [5, 5.41) is 0. The minimum atomic E-state index is -0.231. The molecular formula is C13H22N4O. The molecule has 0 spiro atoms. The molecule has 1 aliphatic heterocycles. The van der Waals surface area contributed by atoms with Crippen molar-refractivity contribution in [1.29, 1.82) is 0 Å². The topological polar surface area (TPSA) is 65.4 Å². The first kappa shape index (κ1) is 13.0. The highest BCUT2D eigenvalue weighted by molar-refractivity contribution is 5.77. The number of amides is 2. The van der Waals surface area contributed by atoms with E-state index in [1.807, 2.05) is 44.3 Å². The van der Waals surface area contributed by atoms with E-state index in [1.54, 1.807) is 4.90 Å². The van der Waals surface area contributed by atoms with E-state index in [0.29, 0.717) is 6.54 Å². The van der Waals surface area contributed by atoms with Gasteiger partial charge in [-0.15, -0.1) is 0 Å². The van der Waals surface area contributed by atoms with Crippen LogP contribution in [0.3, 0.4) is 0 Å². The van der Waals surface area contributed by atoms with Gasteiger partial charge in [0.15, 0.2) is 0 Å². The molecule has 1 fully saturated rings. The number of carbonyl (C=O) groups excluding carboxylic acids is 1. The van der Waals surface area contributed by atoms with Crippen molar-refractivity contribution in [3.05, 3.63) is 24.0 Å². The van der Waals surface area contributed by atoms with Gasteiger partial charge in [0.2, 0.25) is 0 Å². The van der Waals surface area contributed by atoms with Crippen LogP contribution in [0.2, 0.25) is 0 Å². The number of aromatic amines is 1. The number of nitrogens with two attached hydrogens (primary N) is 1. The van der Waals surface area contributed by atoms with Crippen LogP contribution >= 0.6 is 0 Å². The maximum absolute atomic E-state index is 12.1. The molecule has 2 amide bonds. The number of likely N-dealkylation sites (N-methyl/N-ethyl adjacent to an activating group) is 1. The van der Waals surface area contributed by atoms with Gasteiger partial charge in [-0.3, -0.25) is 0 Å². The van der Waals surface area contributed by atoms with Crippen LogP contribution in [-0.2, 0) is 0 Å². The van der Waals surface area contributed by atoms with Crippen LogP contribution in [-0.4, -0.2) is 46.5 Å². The molecule has 0 aromatic carbocycles. The smallest absolute Gasteiger partial charge is 0.320 e. The molecule has 2 rings (SSSR count). The number of carbonyl (C=O) groups is 1. The summed E-state index contributed by atoms with van der Waals surface area (Å²) in [5.41, 5.74) is 6.89. The highest BCUT2D eigenvalue weighted by Gasteiger charge is 2.35. The van der Waals surface area contributed by atoms with Gasteiger partial charge in [-0.2, -0.15) is 0 Å². The normalized spacial score (nSPS) is 20.9. The van der Waals surface area contributed by atoms with Gasteiger partial charge < -0.3 is 20.5 Å². The number of H-pyrrole nitrogens is 1.